The number of hydrogen-bond acceptors (Lipinski definition) is 0. The van der Waals surface area contributed by atoms with Crippen LogP contribution in [0.25, 0.3) is 22.4 Å². The molecule has 5 rings (SSSR count). The fraction of sp³-hybridized carbons (Fsp3) is 0.292. The number of pyridine rings is 1. The van der Waals surface area contributed by atoms with E-state index in [4.69, 9.17) is 12.3 Å². The summed E-state index contributed by atoms with van der Waals surface area (Å²) in [5, 5.41) is 0. The van der Waals surface area contributed by atoms with Crippen molar-refractivity contribution in [1.82, 2.24) is 0 Å². The molecule has 1 nitrogen and oxygen atoms in total. The van der Waals surface area contributed by atoms with Crippen molar-refractivity contribution in [1.29, 1.82) is 0 Å². The standard InChI is InChI=1S/C24H24N/c1-14-10-11-18-17-8-6-7-9-20(17)24(4)12-19-16(3)15(2)13-25(5)23(19)21(14)22(18)24/h6-11,13H,12H2,1-5H3/q+1/i2D3,3D3,4D3,12D2. The van der Waals surface area contributed by atoms with E-state index in [0.717, 1.165) is 0 Å². The van der Waals surface area contributed by atoms with Gasteiger partial charge in [-0.15, -0.1) is 0 Å². The monoisotopic (exact) mass is 337 g/mol. The number of aryl methyl sites for hydroxylation is 3. The number of aromatic nitrogens is 1. The Morgan fingerprint density at radius 3 is 2.76 bits per heavy atom. The van der Waals surface area contributed by atoms with Crippen LogP contribution in [0.3, 0.4) is 0 Å². The second kappa shape index (κ2) is 4.60. The molecule has 0 spiro atoms. The van der Waals surface area contributed by atoms with Crippen molar-refractivity contribution >= 4 is 0 Å². The van der Waals surface area contributed by atoms with E-state index in [1.165, 1.54) is 17.8 Å². The molecule has 124 valence electrons. The summed E-state index contributed by atoms with van der Waals surface area (Å²) in [7, 11) is 1.54. The molecular formula is C24H24N+. The summed E-state index contributed by atoms with van der Waals surface area (Å²) in [5.41, 5.74) is -0.906. The molecule has 2 aromatic carbocycles. The van der Waals surface area contributed by atoms with E-state index in [-0.39, 0.29) is 16.8 Å². The molecule has 0 amide bonds. The van der Waals surface area contributed by atoms with Gasteiger partial charge in [-0.1, -0.05) is 43.3 Å². The normalized spacial score (nSPS) is 29.4. The van der Waals surface area contributed by atoms with Crippen molar-refractivity contribution in [3.8, 4) is 22.4 Å². The molecule has 0 fully saturated rings. The highest BCUT2D eigenvalue weighted by atomic mass is 14.9. The van der Waals surface area contributed by atoms with Gasteiger partial charge in [-0.25, -0.2) is 4.57 Å². The molecule has 0 radical (unpaired) electrons. The van der Waals surface area contributed by atoms with Crippen LogP contribution in [0.1, 0.15) is 55.3 Å². The lowest BCUT2D eigenvalue weighted by atomic mass is 9.67. The van der Waals surface area contributed by atoms with Gasteiger partial charge < -0.3 is 0 Å². The molecule has 1 atom stereocenters. The van der Waals surface area contributed by atoms with Crippen LogP contribution >= 0.6 is 0 Å². The molecule has 0 aliphatic heterocycles. The minimum absolute atomic E-state index is 0.182. The van der Waals surface area contributed by atoms with Gasteiger partial charge in [-0.05, 0) is 60.4 Å². The molecule has 0 saturated heterocycles. The first-order chi connectivity index (χ1) is 16.4. The van der Waals surface area contributed by atoms with E-state index in [2.05, 4.69) is 0 Å². The zero-order valence-corrected chi connectivity index (χ0v) is 14.0. The summed E-state index contributed by atoms with van der Waals surface area (Å²) in [5.74, 6) is 0. The van der Waals surface area contributed by atoms with Crippen LogP contribution in [0, 0.1) is 20.6 Å². The summed E-state index contributed by atoms with van der Waals surface area (Å²) >= 11 is 0. The average molecular weight is 338 g/mol. The lowest BCUT2D eigenvalue weighted by Crippen LogP contribution is -2.39. The highest BCUT2D eigenvalue weighted by molar-refractivity contribution is 5.91. The molecule has 2 aliphatic carbocycles. The number of hydrogen-bond donors (Lipinski definition) is 0. The summed E-state index contributed by atoms with van der Waals surface area (Å²) < 4.78 is 95.7. The smallest absolute Gasteiger partial charge is 0.200 e. The van der Waals surface area contributed by atoms with Crippen LogP contribution in [0.4, 0.5) is 0 Å². The minimum atomic E-state index is -3.02. The first kappa shape index (κ1) is 7.45. The summed E-state index contributed by atoms with van der Waals surface area (Å²) in [4.78, 5) is 0. The largest absolute Gasteiger partial charge is 0.216 e. The van der Waals surface area contributed by atoms with Crippen LogP contribution in [-0.4, -0.2) is 0 Å². The van der Waals surface area contributed by atoms with Crippen LogP contribution in [0.5, 0.6) is 0 Å². The Morgan fingerprint density at radius 1 is 1.08 bits per heavy atom. The summed E-state index contributed by atoms with van der Waals surface area (Å²) in [6, 6.07) is 10.3. The van der Waals surface area contributed by atoms with Crippen LogP contribution in [0.15, 0.2) is 42.6 Å². The third-order valence-corrected chi connectivity index (χ3v) is 5.39. The molecule has 0 N–H and O–H groups in total. The zero-order valence-electron chi connectivity index (χ0n) is 25.0. The fourth-order valence-corrected chi connectivity index (χ4v) is 4.30. The Balaban J connectivity index is 2.15. The summed E-state index contributed by atoms with van der Waals surface area (Å²) in [6.07, 6.45) is -1.59. The van der Waals surface area contributed by atoms with E-state index in [1.54, 1.807) is 43.3 Å². The van der Waals surface area contributed by atoms with Crippen molar-refractivity contribution in [3.05, 3.63) is 76.0 Å². The highest BCUT2D eigenvalue weighted by Crippen LogP contribution is 2.57. The number of benzene rings is 2. The fourth-order valence-electron chi connectivity index (χ4n) is 4.30. The molecule has 0 saturated carbocycles. The molecular weight excluding hydrogens is 302 g/mol. The third-order valence-electron chi connectivity index (χ3n) is 5.39. The van der Waals surface area contributed by atoms with Gasteiger partial charge in [0.25, 0.3) is 0 Å². The molecule has 3 aromatic rings. The Bertz CT molecular complexity index is 1440. The van der Waals surface area contributed by atoms with Crippen LogP contribution in [0.2, 0.25) is 0 Å². The van der Waals surface area contributed by atoms with E-state index in [9.17, 15) is 2.74 Å². The van der Waals surface area contributed by atoms with Gasteiger partial charge in [0, 0.05) is 31.6 Å². The zero-order chi connectivity index (χ0) is 26.8. The predicted molar refractivity (Wildman–Crippen MR) is 103 cm³/mol. The van der Waals surface area contributed by atoms with Crippen LogP contribution in [-0.2, 0) is 18.8 Å². The first-order valence-corrected chi connectivity index (χ1v) is 8.21. The molecule has 2 aliphatic rings. The van der Waals surface area contributed by atoms with Gasteiger partial charge in [0.1, 0.15) is 7.05 Å². The molecule has 1 unspecified atom stereocenters. The molecule has 1 heterocycles. The summed E-state index contributed by atoms with van der Waals surface area (Å²) in [6.45, 7) is -7.07. The molecule has 1 aromatic heterocycles. The third kappa shape index (κ3) is 1.66. The maximum atomic E-state index is 9.51. The van der Waals surface area contributed by atoms with Gasteiger partial charge >= 0.3 is 0 Å². The number of fused-ring (bicyclic) bond motifs is 5. The lowest BCUT2D eigenvalue weighted by Gasteiger charge is -2.35. The number of nitrogens with zero attached hydrogens (tertiary/aromatic N) is 1. The lowest BCUT2D eigenvalue weighted by molar-refractivity contribution is -0.661. The van der Waals surface area contributed by atoms with E-state index in [0.29, 0.717) is 22.3 Å². The Hall–Kier alpha value is -2.41. The van der Waals surface area contributed by atoms with Gasteiger partial charge in [0.05, 0.1) is 5.56 Å². The topological polar surface area (TPSA) is 3.88 Å². The molecule has 25 heavy (non-hydrogen) atoms. The highest BCUT2D eigenvalue weighted by Gasteiger charge is 2.47. The van der Waals surface area contributed by atoms with E-state index < -0.39 is 49.0 Å². The second-order valence-electron chi connectivity index (χ2n) is 6.85. The minimum Gasteiger partial charge on any atom is -0.200 e. The Kier molecular flexibility index (Phi) is 1.37. The number of rotatable bonds is 0. The second-order valence-corrected chi connectivity index (χ2v) is 6.85. The van der Waals surface area contributed by atoms with Gasteiger partial charge in [-0.3, -0.25) is 0 Å². The van der Waals surface area contributed by atoms with Gasteiger partial charge in [0.15, 0.2) is 6.20 Å². The van der Waals surface area contributed by atoms with Crippen molar-refractivity contribution in [2.24, 2.45) is 7.05 Å². The van der Waals surface area contributed by atoms with Crippen LogP contribution < -0.4 is 4.57 Å². The van der Waals surface area contributed by atoms with E-state index >= 15 is 0 Å². The van der Waals surface area contributed by atoms with Crippen molar-refractivity contribution in [3.63, 3.8) is 0 Å². The Morgan fingerprint density at radius 2 is 1.96 bits per heavy atom. The van der Waals surface area contributed by atoms with Gasteiger partial charge in [-0.2, -0.15) is 0 Å². The van der Waals surface area contributed by atoms with Crippen molar-refractivity contribution in [2.45, 2.75) is 39.3 Å². The quantitative estimate of drug-likeness (QED) is 0.511. The first-order valence-electron chi connectivity index (χ1n) is 13.7. The SMILES string of the molecule is [2H]C([2H])([2H])c1c[n+](C)c2c(c1C([2H])([2H])[2H])C([2H])([2H])C1(C([2H])([2H])[2H])c3ccccc3-c3ccc(C)c-2c31. The molecule has 1 heteroatoms. The Labute approximate surface area is 165 Å². The van der Waals surface area contributed by atoms with Gasteiger partial charge in [0.2, 0.25) is 5.69 Å². The molecule has 0 bridgehead atoms. The van der Waals surface area contributed by atoms with Crippen molar-refractivity contribution < 1.29 is 19.6 Å². The maximum absolute atomic E-state index is 9.51. The van der Waals surface area contributed by atoms with Crippen molar-refractivity contribution in [2.75, 3.05) is 0 Å². The predicted octanol–water partition coefficient (Wildman–Crippen LogP) is 4.95. The average Bonchev–Trinajstić information content (AvgIpc) is 3.03. The maximum Gasteiger partial charge on any atom is 0.216 e. The van der Waals surface area contributed by atoms with E-state index in [1.807, 2.05) is 0 Å².